The van der Waals surface area contributed by atoms with E-state index in [-0.39, 0.29) is 5.41 Å². The molecule has 4 nitrogen and oxygen atoms in total. The molecule has 4 heterocycles. The Balaban J connectivity index is 0.985. The van der Waals surface area contributed by atoms with Crippen molar-refractivity contribution in [2.24, 2.45) is 0 Å². The van der Waals surface area contributed by atoms with Gasteiger partial charge in [-0.05, 0) is 93.0 Å². The molecule has 9 aromatic carbocycles. The minimum absolute atomic E-state index is 0.163. The molecule has 1 aliphatic rings. The molecule has 0 aliphatic heterocycles. The first-order valence-corrected chi connectivity index (χ1v) is 24.0. The molecule has 0 saturated carbocycles. The van der Waals surface area contributed by atoms with Crippen molar-refractivity contribution >= 4 is 85.0 Å². The number of fused-ring (bicyclic) bond motifs is 12. The summed E-state index contributed by atoms with van der Waals surface area (Å²) in [5.41, 5.74) is 14.1. The van der Waals surface area contributed by atoms with Crippen LogP contribution in [0.2, 0.25) is 0 Å². The van der Waals surface area contributed by atoms with E-state index >= 15 is 0 Å². The lowest BCUT2D eigenvalue weighted by Gasteiger charge is -2.21. The highest BCUT2D eigenvalue weighted by molar-refractivity contribution is 7.26. The minimum atomic E-state index is -0.163. The molecule has 0 fully saturated rings. The number of hydrogen-bond acceptors (Lipinski definition) is 6. The normalized spacial score (nSPS) is 13.1. The summed E-state index contributed by atoms with van der Waals surface area (Å²) in [6.07, 6.45) is 0. The SMILES string of the molecule is CC1(C)c2ccccc2-c2ccc(-c3nc(-c4ccccc4)nc(-c4cccc5oc6ccc(-c7c(-c8ccc9c(c8)sc8ccccc89)ccc8sc9ccccc9c78)cc6c45)n3)cc21. The third-order valence-corrected chi connectivity index (χ3v) is 16.0. The Labute approximate surface area is 388 Å². The van der Waals surface area contributed by atoms with Crippen LogP contribution in [0.3, 0.4) is 0 Å². The number of aromatic nitrogens is 3. The first-order valence-electron chi connectivity index (χ1n) is 22.3. The molecule has 0 bridgehead atoms. The molecule has 0 N–H and O–H groups in total. The fourth-order valence-electron chi connectivity index (χ4n) is 10.6. The van der Waals surface area contributed by atoms with Crippen LogP contribution in [0.1, 0.15) is 25.0 Å². The summed E-state index contributed by atoms with van der Waals surface area (Å²) in [6.45, 7) is 4.62. The van der Waals surface area contributed by atoms with Gasteiger partial charge in [-0.3, -0.25) is 0 Å². The number of thiophene rings is 2. The summed E-state index contributed by atoms with van der Waals surface area (Å²) in [5.74, 6) is 1.86. The molecule has 0 unspecified atom stereocenters. The first kappa shape index (κ1) is 37.6. The molecule has 0 atom stereocenters. The summed E-state index contributed by atoms with van der Waals surface area (Å²) in [6, 6.07) is 67.7. The Morgan fingerprint density at radius 3 is 1.89 bits per heavy atom. The van der Waals surface area contributed by atoms with Crippen LogP contribution in [0.4, 0.5) is 0 Å². The summed E-state index contributed by atoms with van der Waals surface area (Å²) in [5, 5.41) is 7.13. The maximum atomic E-state index is 6.71. The van der Waals surface area contributed by atoms with Crippen molar-refractivity contribution in [1.82, 2.24) is 15.0 Å². The molecule has 1 aliphatic carbocycles. The second kappa shape index (κ2) is 14.1. The van der Waals surface area contributed by atoms with Crippen molar-refractivity contribution in [2.75, 3.05) is 0 Å². The Bertz CT molecular complexity index is 4160. The average Bonchev–Trinajstić information content (AvgIpc) is 4.11. The third-order valence-electron chi connectivity index (χ3n) is 13.8. The molecule has 0 amide bonds. The molecule has 4 aromatic heterocycles. The predicted octanol–water partition coefficient (Wildman–Crippen LogP) is 17.1. The van der Waals surface area contributed by atoms with Crippen molar-refractivity contribution in [3.63, 3.8) is 0 Å². The molecule has 66 heavy (non-hydrogen) atoms. The zero-order chi connectivity index (χ0) is 43.7. The van der Waals surface area contributed by atoms with Crippen LogP contribution >= 0.6 is 22.7 Å². The summed E-state index contributed by atoms with van der Waals surface area (Å²) in [7, 11) is 0. The summed E-state index contributed by atoms with van der Waals surface area (Å²) < 4.78 is 11.8. The van der Waals surface area contributed by atoms with Gasteiger partial charge in [0.25, 0.3) is 0 Å². The van der Waals surface area contributed by atoms with Gasteiger partial charge in [0.1, 0.15) is 11.2 Å². The van der Waals surface area contributed by atoms with Crippen molar-refractivity contribution in [2.45, 2.75) is 19.3 Å². The second-order valence-electron chi connectivity index (χ2n) is 17.9. The van der Waals surface area contributed by atoms with Crippen LogP contribution in [0.5, 0.6) is 0 Å². The second-order valence-corrected chi connectivity index (χ2v) is 20.0. The molecule has 310 valence electrons. The van der Waals surface area contributed by atoms with Crippen molar-refractivity contribution in [3.8, 4) is 67.5 Å². The largest absolute Gasteiger partial charge is 0.456 e. The molecular formula is C60H37N3OS2. The first-order chi connectivity index (χ1) is 32.4. The van der Waals surface area contributed by atoms with E-state index in [1.165, 1.54) is 79.3 Å². The van der Waals surface area contributed by atoms with Gasteiger partial charge in [-0.15, -0.1) is 22.7 Å². The van der Waals surface area contributed by atoms with E-state index in [0.29, 0.717) is 17.5 Å². The van der Waals surface area contributed by atoms with Gasteiger partial charge in [-0.25, -0.2) is 15.0 Å². The smallest absolute Gasteiger partial charge is 0.164 e. The van der Waals surface area contributed by atoms with Crippen LogP contribution in [0, 0.1) is 0 Å². The highest BCUT2D eigenvalue weighted by atomic mass is 32.1. The molecule has 6 heteroatoms. The fraction of sp³-hybridized carbons (Fsp3) is 0.0500. The number of hydrogen-bond donors (Lipinski definition) is 0. The molecule has 0 saturated heterocycles. The topological polar surface area (TPSA) is 51.8 Å². The molecular weight excluding hydrogens is 843 g/mol. The van der Waals surface area contributed by atoms with Gasteiger partial charge in [0.2, 0.25) is 0 Å². The molecule has 0 spiro atoms. The van der Waals surface area contributed by atoms with Gasteiger partial charge in [-0.1, -0.05) is 153 Å². The molecule has 13 aromatic rings. The summed E-state index contributed by atoms with van der Waals surface area (Å²) >= 11 is 3.71. The third kappa shape index (κ3) is 5.59. The van der Waals surface area contributed by atoms with E-state index in [1.54, 1.807) is 0 Å². The maximum Gasteiger partial charge on any atom is 0.164 e. The van der Waals surface area contributed by atoms with Gasteiger partial charge in [0.05, 0.1) is 0 Å². The Hall–Kier alpha value is -7.77. The van der Waals surface area contributed by atoms with E-state index in [9.17, 15) is 0 Å². The van der Waals surface area contributed by atoms with Gasteiger partial charge in [0, 0.05) is 73.2 Å². The van der Waals surface area contributed by atoms with Crippen molar-refractivity contribution in [1.29, 1.82) is 0 Å². The van der Waals surface area contributed by atoms with Gasteiger partial charge < -0.3 is 4.42 Å². The summed E-state index contributed by atoms with van der Waals surface area (Å²) in [4.78, 5) is 15.8. The van der Waals surface area contributed by atoms with Crippen LogP contribution in [0.15, 0.2) is 192 Å². The Kier molecular flexibility index (Phi) is 8.04. The Morgan fingerprint density at radius 1 is 0.364 bits per heavy atom. The number of furan rings is 1. The highest BCUT2D eigenvalue weighted by Crippen LogP contribution is 2.51. The van der Waals surface area contributed by atoms with Crippen molar-refractivity contribution < 1.29 is 4.42 Å². The van der Waals surface area contributed by atoms with Gasteiger partial charge in [0.15, 0.2) is 17.5 Å². The molecule has 14 rings (SSSR count). The standard InChI is InChI=1S/C60H37N3OS2/c1-60(2)46-19-9-6-15-39(46)40-26-24-37(32-47(40)60)58-61-57(34-13-4-3-5-14-34)62-59(63-58)44-18-12-20-49-55(44)45-31-36(25-29-48(45)64-49)54-38(28-30-52-56(54)43-17-8-11-22-51(43)65-52)35-23-27-42-41-16-7-10-21-50(41)66-53(42)33-35/h3-33H,1-2H3. The lowest BCUT2D eigenvalue weighted by Crippen LogP contribution is -2.15. The average molecular weight is 880 g/mol. The Morgan fingerprint density at radius 2 is 1.02 bits per heavy atom. The maximum absolute atomic E-state index is 6.71. The van der Waals surface area contributed by atoms with E-state index in [0.717, 1.165) is 44.2 Å². The quantitative estimate of drug-likeness (QED) is 0.173. The van der Waals surface area contributed by atoms with Crippen LogP contribution in [-0.4, -0.2) is 15.0 Å². The highest BCUT2D eigenvalue weighted by Gasteiger charge is 2.35. The van der Waals surface area contributed by atoms with Crippen LogP contribution in [-0.2, 0) is 5.41 Å². The van der Waals surface area contributed by atoms with Crippen LogP contribution in [0.25, 0.3) is 130 Å². The fourth-order valence-corrected chi connectivity index (χ4v) is 12.9. The van der Waals surface area contributed by atoms with Crippen molar-refractivity contribution in [3.05, 3.63) is 199 Å². The van der Waals surface area contributed by atoms with E-state index in [4.69, 9.17) is 19.4 Å². The number of benzene rings is 9. The predicted molar refractivity (Wildman–Crippen MR) is 278 cm³/mol. The lowest BCUT2D eigenvalue weighted by molar-refractivity contribution is 0.660. The monoisotopic (exact) mass is 879 g/mol. The van der Waals surface area contributed by atoms with E-state index < -0.39 is 0 Å². The van der Waals surface area contributed by atoms with E-state index in [1.807, 2.05) is 46.9 Å². The minimum Gasteiger partial charge on any atom is -0.456 e. The number of nitrogens with zero attached hydrogens (tertiary/aromatic N) is 3. The lowest BCUT2D eigenvalue weighted by atomic mass is 9.82. The number of rotatable bonds is 5. The van der Waals surface area contributed by atoms with Gasteiger partial charge in [-0.2, -0.15) is 0 Å². The zero-order valence-electron chi connectivity index (χ0n) is 36.0. The van der Waals surface area contributed by atoms with E-state index in [2.05, 4.69) is 178 Å². The van der Waals surface area contributed by atoms with Crippen LogP contribution < -0.4 is 0 Å². The van der Waals surface area contributed by atoms with Gasteiger partial charge >= 0.3 is 0 Å². The molecule has 0 radical (unpaired) electrons. The zero-order valence-corrected chi connectivity index (χ0v) is 37.6.